The van der Waals surface area contributed by atoms with E-state index in [0.717, 1.165) is 0 Å². The molecule has 0 spiro atoms. The first-order valence-electron chi connectivity index (χ1n) is 4.42. The van der Waals surface area contributed by atoms with Crippen molar-refractivity contribution < 1.29 is 25.2 Å². The van der Waals surface area contributed by atoms with Crippen LogP contribution in [0.15, 0.2) is 0 Å². The first kappa shape index (κ1) is 10.9. The highest BCUT2D eigenvalue weighted by molar-refractivity contribution is 4.82. The Bertz CT molecular complexity index is 135. The number of ether oxygens (including phenoxy) is 1. The molecule has 1 saturated heterocycles. The molecule has 1 rings (SSSR count). The lowest BCUT2D eigenvalue weighted by molar-refractivity contribution is -0.0946. The Labute approximate surface area is 76.6 Å². The van der Waals surface area contributed by atoms with Crippen molar-refractivity contribution >= 4 is 0 Å². The van der Waals surface area contributed by atoms with Crippen molar-refractivity contribution in [2.75, 3.05) is 13.2 Å². The molecule has 0 aliphatic carbocycles. The molecule has 5 nitrogen and oxygen atoms in total. The zero-order valence-electron chi connectivity index (χ0n) is 7.33. The summed E-state index contributed by atoms with van der Waals surface area (Å²) in [5.74, 6) is 0. The van der Waals surface area contributed by atoms with Gasteiger partial charge in [-0.25, -0.2) is 0 Å². The highest BCUT2D eigenvalue weighted by Crippen LogP contribution is 2.24. The quantitative estimate of drug-likeness (QED) is 0.423. The maximum absolute atomic E-state index is 9.21. The molecule has 13 heavy (non-hydrogen) atoms. The first-order chi connectivity index (χ1) is 6.19. The fraction of sp³-hybridized carbons (Fsp3) is 1.00. The summed E-state index contributed by atoms with van der Waals surface area (Å²) in [7, 11) is 0. The van der Waals surface area contributed by atoms with E-state index < -0.39 is 24.4 Å². The molecule has 0 saturated carbocycles. The van der Waals surface area contributed by atoms with Gasteiger partial charge < -0.3 is 25.2 Å². The van der Waals surface area contributed by atoms with Crippen LogP contribution in [-0.4, -0.2) is 58.1 Å². The van der Waals surface area contributed by atoms with Gasteiger partial charge in [-0.15, -0.1) is 0 Å². The number of rotatable bonds is 4. The van der Waals surface area contributed by atoms with Crippen molar-refractivity contribution in [1.29, 1.82) is 0 Å². The van der Waals surface area contributed by atoms with E-state index in [9.17, 15) is 10.2 Å². The fourth-order valence-corrected chi connectivity index (χ4v) is 1.49. The molecule has 0 aromatic rings. The topological polar surface area (TPSA) is 90.2 Å². The number of aliphatic hydroxyl groups excluding tert-OH is 4. The van der Waals surface area contributed by atoms with Crippen molar-refractivity contribution in [3.8, 4) is 0 Å². The zero-order chi connectivity index (χ0) is 9.84. The lowest BCUT2D eigenvalue weighted by Gasteiger charge is -2.19. The molecule has 0 radical (unpaired) electrons. The van der Waals surface area contributed by atoms with Gasteiger partial charge in [-0.2, -0.15) is 0 Å². The van der Waals surface area contributed by atoms with Gasteiger partial charge in [-0.1, -0.05) is 0 Å². The second-order valence-corrected chi connectivity index (χ2v) is 3.29. The average Bonchev–Trinajstić information content (AvgIpc) is 2.64. The maximum atomic E-state index is 9.21. The van der Waals surface area contributed by atoms with Gasteiger partial charge in [0, 0.05) is 0 Å². The lowest BCUT2D eigenvalue weighted by atomic mass is 10.1. The highest BCUT2D eigenvalue weighted by atomic mass is 16.5. The van der Waals surface area contributed by atoms with Gasteiger partial charge in [0.2, 0.25) is 0 Å². The Kier molecular flexibility index (Phi) is 4.08. The van der Waals surface area contributed by atoms with Crippen LogP contribution in [0, 0.1) is 0 Å². The standard InChI is InChI=1S/C8H16O5/c9-3-5(11)7-1-2-8(13-7)6(12)4-10/h5-12H,1-4H2. The van der Waals surface area contributed by atoms with Gasteiger partial charge in [0.1, 0.15) is 12.2 Å². The lowest BCUT2D eigenvalue weighted by Crippen LogP contribution is -2.34. The molecule has 0 amide bonds. The van der Waals surface area contributed by atoms with Crippen molar-refractivity contribution in [2.24, 2.45) is 0 Å². The largest absolute Gasteiger partial charge is 0.394 e. The number of hydrogen-bond acceptors (Lipinski definition) is 5. The summed E-state index contributed by atoms with van der Waals surface area (Å²) >= 11 is 0. The van der Waals surface area contributed by atoms with E-state index in [1.54, 1.807) is 0 Å². The van der Waals surface area contributed by atoms with E-state index >= 15 is 0 Å². The smallest absolute Gasteiger partial charge is 0.103 e. The van der Waals surface area contributed by atoms with Crippen LogP contribution in [0.2, 0.25) is 0 Å². The molecule has 0 aromatic heterocycles. The summed E-state index contributed by atoms with van der Waals surface area (Å²) in [6.45, 7) is -0.681. The van der Waals surface area contributed by atoms with Crippen LogP contribution in [0.5, 0.6) is 0 Å². The van der Waals surface area contributed by atoms with E-state index in [0.29, 0.717) is 12.8 Å². The molecule has 78 valence electrons. The Morgan fingerprint density at radius 2 is 1.38 bits per heavy atom. The van der Waals surface area contributed by atoms with Crippen molar-refractivity contribution in [3.63, 3.8) is 0 Å². The van der Waals surface area contributed by atoms with E-state index in [2.05, 4.69) is 0 Å². The molecule has 1 fully saturated rings. The fourth-order valence-electron chi connectivity index (χ4n) is 1.49. The van der Waals surface area contributed by atoms with Gasteiger partial charge in [-0.3, -0.25) is 0 Å². The summed E-state index contributed by atoms with van der Waals surface area (Å²) < 4.78 is 5.25. The predicted molar refractivity (Wildman–Crippen MR) is 44.1 cm³/mol. The van der Waals surface area contributed by atoms with Crippen molar-refractivity contribution in [1.82, 2.24) is 0 Å². The Morgan fingerprint density at radius 1 is 1.00 bits per heavy atom. The third kappa shape index (κ3) is 2.62. The van der Waals surface area contributed by atoms with Gasteiger partial charge in [-0.05, 0) is 12.8 Å². The van der Waals surface area contributed by atoms with Gasteiger partial charge >= 0.3 is 0 Å². The van der Waals surface area contributed by atoms with E-state index in [-0.39, 0.29) is 13.2 Å². The number of aliphatic hydroxyl groups is 4. The van der Waals surface area contributed by atoms with Crippen LogP contribution in [0.25, 0.3) is 0 Å². The Hall–Kier alpha value is -0.200. The van der Waals surface area contributed by atoms with Gasteiger partial charge in [0.05, 0.1) is 25.4 Å². The Morgan fingerprint density at radius 3 is 1.69 bits per heavy atom. The predicted octanol–water partition coefficient (Wildman–Crippen LogP) is -1.76. The monoisotopic (exact) mass is 192 g/mol. The summed E-state index contributed by atoms with van der Waals surface area (Å²) in [5, 5.41) is 35.7. The molecule has 4 N–H and O–H groups in total. The van der Waals surface area contributed by atoms with Crippen molar-refractivity contribution in [3.05, 3.63) is 0 Å². The van der Waals surface area contributed by atoms with E-state index in [1.165, 1.54) is 0 Å². The molecule has 1 heterocycles. The third-order valence-corrected chi connectivity index (χ3v) is 2.32. The average molecular weight is 192 g/mol. The maximum Gasteiger partial charge on any atom is 0.103 e. The van der Waals surface area contributed by atoms with Crippen molar-refractivity contribution in [2.45, 2.75) is 37.3 Å². The molecule has 0 aromatic carbocycles. The van der Waals surface area contributed by atoms with Crippen LogP contribution in [0.4, 0.5) is 0 Å². The zero-order valence-corrected chi connectivity index (χ0v) is 7.33. The number of hydrogen-bond donors (Lipinski definition) is 4. The molecule has 4 atom stereocenters. The summed E-state index contributed by atoms with van der Waals surface area (Å²) in [6, 6.07) is 0. The molecule has 5 heteroatoms. The molecule has 1 aliphatic rings. The molecule has 1 aliphatic heterocycles. The second-order valence-electron chi connectivity index (χ2n) is 3.29. The second kappa shape index (κ2) is 4.88. The third-order valence-electron chi connectivity index (χ3n) is 2.32. The summed E-state index contributed by atoms with van der Waals surface area (Å²) in [6.07, 6.45) is -1.42. The van der Waals surface area contributed by atoms with Gasteiger partial charge in [0.25, 0.3) is 0 Å². The first-order valence-corrected chi connectivity index (χ1v) is 4.42. The highest BCUT2D eigenvalue weighted by Gasteiger charge is 2.33. The van der Waals surface area contributed by atoms with Crippen LogP contribution in [0.1, 0.15) is 12.8 Å². The normalized spacial score (nSPS) is 33.2. The van der Waals surface area contributed by atoms with Crippen LogP contribution in [-0.2, 0) is 4.74 Å². The van der Waals surface area contributed by atoms with Crippen LogP contribution in [0.3, 0.4) is 0 Å². The molecular formula is C8H16O5. The molecule has 0 bridgehead atoms. The van der Waals surface area contributed by atoms with Crippen LogP contribution >= 0.6 is 0 Å². The molecular weight excluding hydrogens is 176 g/mol. The SMILES string of the molecule is OCC(O)C1CCC(C(O)CO)O1. The minimum absolute atomic E-state index is 0.341. The Balaban J connectivity index is 2.35. The van der Waals surface area contributed by atoms with E-state index in [4.69, 9.17) is 14.9 Å². The minimum Gasteiger partial charge on any atom is -0.394 e. The van der Waals surface area contributed by atoms with E-state index in [1.807, 2.05) is 0 Å². The summed E-state index contributed by atoms with van der Waals surface area (Å²) in [5.41, 5.74) is 0. The summed E-state index contributed by atoms with van der Waals surface area (Å²) in [4.78, 5) is 0. The minimum atomic E-state index is -0.893. The van der Waals surface area contributed by atoms with Crippen LogP contribution < -0.4 is 0 Å². The molecule has 4 unspecified atom stereocenters. The van der Waals surface area contributed by atoms with Gasteiger partial charge in [0.15, 0.2) is 0 Å².